The van der Waals surface area contributed by atoms with Gasteiger partial charge < -0.3 is 9.47 Å². The highest BCUT2D eigenvalue weighted by atomic mass is 19.1. The molecule has 154 valence electrons. The van der Waals surface area contributed by atoms with Crippen molar-refractivity contribution in [2.75, 3.05) is 13.1 Å². The van der Waals surface area contributed by atoms with Gasteiger partial charge in [0.25, 0.3) is 11.5 Å². The third kappa shape index (κ3) is 3.42. The lowest BCUT2D eigenvalue weighted by Crippen LogP contribution is -2.49. The summed E-state index contributed by atoms with van der Waals surface area (Å²) in [6.07, 6.45) is 0.940. The lowest BCUT2D eigenvalue weighted by molar-refractivity contribution is 0.0594. The second-order valence-electron chi connectivity index (χ2n) is 8.30. The minimum atomic E-state index is -0.364. The molecule has 0 spiro atoms. The number of aromatic nitrogens is 1. The van der Waals surface area contributed by atoms with E-state index in [2.05, 4.69) is 6.07 Å². The predicted molar refractivity (Wildman–Crippen MR) is 114 cm³/mol. The van der Waals surface area contributed by atoms with Crippen molar-refractivity contribution in [2.24, 2.45) is 5.92 Å². The maximum atomic E-state index is 13.3. The largest absolute Gasteiger partial charge is 0.338 e. The number of fused-ring (bicyclic) bond motifs is 4. The highest BCUT2D eigenvalue weighted by Gasteiger charge is 2.37. The van der Waals surface area contributed by atoms with Crippen LogP contribution >= 0.6 is 0 Å². The molecule has 1 aromatic heterocycles. The summed E-state index contributed by atoms with van der Waals surface area (Å²) in [6, 6.07) is 18.6. The predicted octanol–water partition coefficient (Wildman–Crippen LogP) is 3.79. The molecule has 2 unspecified atom stereocenters. The summed E-state index contributed by atoms with van der Waals surface area (Å²) in [7, 11) is 0. The van der Waals surface area contributed by atoms with Gasteiger partial charge in [-0.05, 0) is 66.4 Å². The number of hydrogen-bond acceptors (Lipinski definition) is 3. The molecule has 2 aliphatic rings. The van der Waals surface area contributed by atoms with Crippen LogP contribution in [-0.4, -0.2) is 28.5 Å². The quantitative estimate of drug-likeness (QED) is 0.642. The Kier molecular flexibility index (Phi) is 4.67. The Morgan fingerprint density at radius 2 is 1.84 bits per heavy atom. The third-order valence-corrected chi connectivity index (χ3v) is 6.29. The number of rotatable bonds is 2. The Bertz CT molecular complexity index is 1270. The van der Waals surface area contributed by atoms with Crippen LogP contribution in [0.2, 0.25) is 0 Å². The molecule has 2 bridgehead atoms. The van der Waals surface area contributed by atoms with Gasteiger partial charge in [-0.2, -0.15) is 5.26 Å². The Morgan fingerprint density at radius 1 is 1.03 bits per heavy atom. The van der Waals surface area contributed by atoms with E-state index in [4.69, 9.17) is 5.26 Å². The third-order valence-electron chi connectivity index (χ3n) is 6.29. The van der Waals surface area contributed by atoms with Crippen molar-refractivity contribution in [3.63, 3.8) is 0 Å². The van der Waals surface area contributed by atoms with Crippen LogP contribution in [0.15, 0.2) is 65.5 Å². The van der Waals surface area contributed by atoms with Gasteiger partial charge in [0, 0.05) is 42.4 Å². The highest BCUT2D eigenvalue weighted by Crippen LogP contribution is 2.36. The number of amides is 1. The number of piperidine rings is 1. The fourth-order valence-electron chi connectivity index (χ4n) is 4.86. The maximum Gasteiger partial charge on any atom is 0.258 e. The summed E-state index contributed by atoms with van der Waals surface area (Å²) in [6.45, 7) is 1.67. The first-order chi connectivity index (χ1) is 15.0. The molecule has 5 rings (SSSR count). The average Bonchev–Trinajstić information content (AvgIpc) is 2.80. The molecule has 0 saturated carbocycles. The lowest BCUT2D eigenvalue weighted by atomic mass is 9.82. The van der Waals surface area contributed by atoms with Gasteiger partial charge in [0.05, 0.1) is 11.6 Å². The van der Waals surface area contributed by atoms with Crippen LogP contribution in [0.5, 0.6) is 0 Å². The summed E-state index contributed by atoms with van der Waals surface area (Å²) in [4.78, 5) is 28.0. The van der Waals surface area contributed by atoms with E-state index in [0.717, 1.165) is 17.7 Å². The van der Waals surface area contributed by atoms with Gasteiger partial charge in [-0.3, -0.25) is 9.59 Å². The van der Waals surface area contributed by atoms with Crippen molar-refractivity contribution in [2.45, 2.75) is 18.9 Å². The van der Waals surface area contributed by atoms with Gasteiger partial charge in [0.2, 0.25) is 0 Å². The van der Waals surface area contributed by atoms with E-state index in [1.807, 2.05) is 27.7 Å². The van der Waals surface area contributed by atoms with E-state index >= 15 is 0 Å². The standard InChI is InChI=1S/C25H20FN3O2/c26-21-6-4-18(5-7-21)24(30)28-13-17-11-20(15-28)23-9-8-22(25(31)29(23)14-17)19-3-1-2-16(10-19)12-27/h1-10,17,20H,11,13-15H2. The lowest BCUT2D eigenvalue weighted by Gasteiger charge is -2.43. The molecule has 2 atom stereocenters. The second kappa shape index (κ2) is 7.51. The van der Waals surface area contributed by atoms with E-state index in [1.165, 1.54) is 24.3 Å². The van der Waals surface area contributed by atoms with Crippen LogP contribution in [0.4, 0.5) is 4.39 Å². The Morgan fingerprint density at radius 3 is 2.61 bits per heavy atom. The van der Waals surface area contributed by atoms with Gasteiger partial charge in [0.1, 0.15) is 5.82 Å². The molecule has 2 aromatic carbocycles. The van der Waals surface area contributed by atoms with Crippen LogP contribution in [0.25, 0.3) is 11.1 Å². The minimum absolute atomic E-state index is 0.0550. The van der Waals surface area contributed by atoms with Crippen molar-refractivity contribution in [3.05, 3.63) is 93.7 Å². The number of benzene rings is 2. The van der Waals surface area contributed by atoms with Crippen LogP contribution in [0.1, 0.15) is 34.0 Å². The Labute approximate surface area is 179 Å². The highest BCUT2D eigenvalue weighted by molar-refractivity contribution is 5.94. The fourth-order valence-corrected chi connectivity index (χ4v) is 4.86. The van der Waals surface area contributed by atoms with E-state index in [1.54, 1.807) is 18.2 Å². The maximum absolute atomic E-state index is 13.3. The summed E-state index contributed by atoms with van der Waals surface area (Å²) < 4.78 is 15.0. The monoisotopic (exact) mass is 413 g/mol. The minimum Gasteiger partial charge on any atom is -0.338 e. The zero-order chi connectivity index (χ0) is 21.5. The van der Waals surface area contributed by atoms with Gasteiger partial charge in [-0.25, -0.2) is 4.39 Å². The molecular formula is C25H20FN3O2. The second-order valence-corrected chi connectivity index (χ2v) is 8.30. The van der Waals surface area contributed by atoms with Crippen molar-refractivity contribution < 1.29 is 9.18 Å². The van der Waals surface area contributed by atoms with Gasteiger partial charge in [0.15, 0.2) is 0 Å². The molecule has 1 amide bonds. The smallest absolute Gasteiger partial charge is 0.258 e. The Balaban J connectivity index is 1.46. The molecule has 1 fully saturated rings. The zero-order valence-electron chi connectivity index (χ0n) is 16.8. The molecule has 0 aliphatic carbocycles. The molecular weight excluding hydrogens is 393 g/mol. The SMILES string of the molecule is N#Cc1cccc(-c2ccc3n(c2=O)CC2CC3CN(C(=O)c3ccc(F)cc3)C2)c1. The molecule has 0 radical (unpaired) electrons. The first-order valence-electron chi connectivity index (χ1n) is 10.3. The molecule has 3 aromatic rings. The first kappa shape index (κ1) is 19.3. The van der Waals surface area contributed by atoms with Crippen LogP contribution < -0.4 is 5.56 Å². The molecule has 3 heterocycles. The van der Waals surface area contributed by atoms with Crippen LogP contribution in [0, 0.1) is 23.1 Å². The Hall–Kier alpha value is -3.72. The number of hydrogen-bond donors (Lipinski definition) is 0. The number of carbonyl (C=O) groups excluding carboxylic acids is 1. The number of nitriles is 1. The average molecular weight is 413 g/mol. The number of halogens is 1. The number of pyridine rings is 1. The van der Waals surface area contributed by atoms with Crippen molar-refractivity contribution in [3.8, 4) is 17.2 Å². The fraction of sp³-hybridized carbons (Fsp3) is 0.240. The van der Waals surface area contributed by atoms with Crippen molar-refractivity contribution in [1.82, 2.24) is 9.47 Å². The van der Waals surface area contributed by atoms with Crippen molar-refractivity contribution >= 4 is 5.91 Å². The zero-order valence-corrected chi connectivity index (χ0v) is 16.8. The summed E-state index contributed by atoms with van der Waals surface area (Å²) in [5.74, 6) is -0.190. The summed E-state index contributed by atoms with van der Waals surface area (Å²) >= 11 is 0. The number of likely N-dealkylation sites (tertiary alicyclic amines) is 1. The van der Waals surface area contributed by atoms with Gasteiger partial charge >= 0.3 is 0 Å². The van der Waals surface area contributed by atoms with E-state index in [0.29, 0.717) is 36.3 Å². The topological polar surface area (TPSA) is 66.1 Å². The molecule has 31 heavy (non-hydrogen) atoms. The van der Waals surface area contributed by atoms with Crippen molar-refractivity contribution in [1.29, 1.82) is 5.26 Å². The van der Waals surface area contributed by atoms with E-state index < -0.39 is 0 Å². The van der Waals surface area contributed by atoms with Gasteiger partial charge in [-0.15, -0.1) is 0 Å². The van der Waals surface area contributed by atoms with E-state index in [-0.39, 0.29) is 29.1 Å². The normalized spacial score (nSPS) is 19.4. The summed E-state index contributed by atoms with van der Waals surface area (Å²) in [5, 5.41) is 9.16. The van der Waals surface area contributed by atoms with E-state index in [9.17, 15) is 14.0 Å². The van der Waals surface area contributed by atoms with Crippen LogP contribution in [-0.2, 0) is 6.54 Å². The molecule has 0 N–H and O–H groups in total. The number of nitrogens with zero attached hydrogens (tertiary/aromatic N) is 3. The molecule has 5 nitrogen and oxygen atoms in total. The number of carbonyl (C=O) groups is 1. The molecule has 6 heteroatoms. The first-order valence-corrected chi connectivity index (χ1v) is 10.3. The molecule has 1 saturated heterocycles. The molecule has 2 aliphatic heterocycles. The van der Waals surface area contributed by atoms with Crippen LogP contribution in [0.3, 0.4) is 0 Å². The van der Waals surface area contributed by atoms with Gasteiger partial charge in [-0.1, -0.05) is 12.1 Å². The summed E-state index contributed by atoms with van der Waals surface area (Å²) in [5.41, 5.74) is 3.21.